The number of hydrogen-bond donors (Lipinski definition) is 1. The average Bonchev–Trinajstić information content (AvgIpc) is 2.95. The second-order valence-corrected chi connectivity index (χ2v) is 7.92. The Morgan fingerprint density at radius 2 is 1.38 bits per heavy atom. The van der Waals surface area contributed by atoms with Gasteiger partial charge >= 0.3 is 0 Å². The summed E-state index contributed by atoms with van der Waals surface area (Å²) in [6.45, 7) is 15.4. The minimum Gasteiger partial charge on any atom is -0.326 e. The zero-order chi connectivity index (χ0) is 28.4. The minimum absolute atomic E-state index is 0.251. The maximum Gasteiger partial charge on any atom is 0.236 e. The fourth-order valence-electron chi connectivity index (χ4n) is 3.68. The molecule has 0 saturated heterocycles. The number of halogens is 1. The van der Waals surface area contributed by atoms with Crippen LogP contribution in [0.4, 0.5) is 4.39 Å². The quantitative estimate of drug-likeness (QED) is 0.289. The summed E-state index contributed by atoms with van der Waals surface area (Å²) < 4.78 is 13.4. The second-order valence-electron chi connectivity index (χ2n) is 7.92. The smallest absolute Gasteiger partial charge is 0.236 e. The Kier molecular flexibility index (Phi) is 17.2. The monoisotopic (exact) mass is 509 g/mol. The molecule has 0 aliphatic heterocycles. The lowest BCUT2D eigenvalue weighted by molar-refractivity contribution is -0.136. The minimum atomic E-state index is -1.21. The number of ketones is 2. The number of carbonyl (C=O) groups is 3. The van der Waals surface area contributed by atoms with Crippen LogP contribution in [0.1, 0.15) is 90.1 Å². The van der Waals surface area contributed by atoms with Crippen molar-refractivity contribution in [1.82, 2.24) is 5.32 Å². The van der Waals surface area contributed by atoms with Crippen molar-refractivity contribution < 1.29 is 18.8 Å². The zero-order valence-corrected chi connectivity index (χ0v) is 23.7. The lowest BCUT2D eigenvalue weighted by Crippen LogP contribution is -2.42. The Morgan fingerprint density at radius 1 is 0.811 bits per heavy atom. The van der Waals surface area contributed by atoms with Gasteiger partial charge in [0.25, 0.3) is 0 Å². The summed E-state index contributed by atoms with van der Waals surface area (Å²) >= 11 is 0. The summed E-state index contributed by atoms with van der Waals surface area (Å²) in [6, 6.07) is 14.0. The first-order valence-electron chi connectivity index (χ1n) is 13.4. The molecule has 202 valence electrons. The van der Waals surface area contributed by atoms with Crippen LogP contribution in [0.3, 0.4) is 0 Å². The average molecular weight is 510 g/mol. The van der Waals surface area contributed by atoms with Gasteiger partial charge in [-0.3, -0.25) is 14.4 Å². The molecule has 37 heavy (non-hydrogen) atoms. The van der Waals surface area contributed by atoms with E-state index in [4.69, 9.17) is 0 Å². The fraction of sp³-hybridized carbons (Fsp3) is 0.406. The number of amides is 1. The first-order valence-corrected chi connectivity index (χ1v) is 13.4. The van der Waals surface area contributed by atoms with Crippen LogP contribution in [0.15, 0.2) is 78.5 Å². The van der Waals surface area contributed by atoms with Crippen molar-refractivity contribution >= 4 is 17.5 Å². The predicted molar refractivity (Wildman–Crippen MR) is 152 cm³/mol. The molecule has 0 heterocycles. The summed E-state index contributed by atoms with van der Waals surface area (Å²) in [5, 5.41) is 2.82. The molecule has 1 aliphatic carbocycles. The zero-order valence-electron chi connectivity index (χ0n) is 23.7. The lowest BCUT2D eigenvalue weighted by atomic mass is 9.75. The topological polar surface area (TPSA) is 63.2 Å². The maximum absolute atomic E-state index is 13.5. The third-order valence-electron chi connectivity index (χ3n) is 5.32. The predicted octanol–water partition coefficient (Wildman–Crippen LogP) is 8.06. The Morgan fingerprint density at radius 3 is 1.86 bits per heavy atom. The number of Topliss-reactive ketones (excluding diaryl/α,β-unsaturated/α-hetero) is 2. The summed E-state index contributed by atoms with van der Waals surface area (Å²) in [4.78, 5) is 40.1. The van der Waals surface area contributed by atoms with Gasteiger partial charge in [-0.15, -0.1) is 0 Å². The Labute approximate surface area is 223 Å². The lowest BCUT2D eigenvalue weighted by Gasteiger charge is -2.27. The van der Waals surface area contributed by atoms with Crippen LogP contribution in [-0.2, 0) is 9.59 Å². The number of nitrogens with one attached hydrogen (secondary N) is 1. The second kappa shape index (κ2) is 18.9. The van der Waals surface area contributed by atoms with Crippen molar-refractivity contribution in [2.45, 2.75) is 74.1 Å². The molecule has 2 aromatic rings. The first-order chi connectivity index (χ1) is 17.9. The van der Waals surface area contributed by atoms with Crippen LogP contribution >= 0.6 is 0 Å². The normalized spacial score (nSPS) is 13.2. The van der Waals surface area contributed by atoms with Crippen molar-refractivity contribution in [2.75, 3.05) is 0 Å². The van der Waals surface area contributed by atoms with Crippen LogP contribution < -0.4 is 5.32 Å². The molecule has 0 bridgehead atoms. The van der Waals surface area contributed by atoms with E-state index in [1.165, 1.54) is 24.3 Å². The van der Waals surface area contributed by atoms with E-state index in [0.717, 1.165) is 12.8 Å². The fourth-order valence-corrected chi connectivity index (χ4v) is 3.68. The standard InChI is InChI=1S/C26H26FNO3.3C2H6/c1-17(2)24(29)23(26(31)28-21-11-7-4-8-12-21)22(18-9-5-3-6-10-18)25(30)19-13-15-20(27)16-14-19;3*1-2/h3,5-7,9-17,22-23H,4,8H2,1-2H3,(H,28,31);3*1-2H3. The van der Waals surface area contributed by atoms with Gasteiger partial charge in [-0.2, -0.15) is 0 Å². The van der Waals surface area contributed by atoms with Crippen LogP contribution in [0.5, 0.6) is 0 Å². The van der Waals surface area contributed by atoms with Crippen molar-refractivity contribution in [3.8, 4) is 0 Å². The van der Waals surface area contributed by atoms with Crippen molar-refractivity contribution in [3.05, 3.63) is 95.5 Å². The molecule has 2 atom stereocenters. The van der Waals surface area contributed by atoms with Crippen molar-refractivity contribution in [3.63, 3.8) is 0 Å². The maximum atomic E-state index is 13.5. The van der Waals surface area contributed by atoms with Gasteiger partial charge in [-0.05, 0) is 48.7 Å². The van der Waals surface area contributed by atoms with Gasteiger partial charge in [-0.25, -0.2) is 4.39 Å². The first kappa shape index (κ1) is 33.7. The Balaban J connectivity index is 0.00000201. The largest absolute Gasteiger partial charge is 0.326 e. The molecule has 1 amide bonds. The number of rotatable bonds is 8. The molecule has 1 aliphatic rings. The van der Waals surface area contributed by atoms with Crippen molar-refractivity contribution in [1.29, 1.82) is 0 Å². The molecule has 0 radical (unpaired) electrons. The number of carbonyl (C=O) groups excluding carboxylic acids is 3. The Bertz CT molecular complexity index is 1010. The SMILES string of the molecule is CC.CC.CC.CC(C)C(=O)C(C(=O)NC1=CCCC=C1)C(C(=O)c1ccc(F)cc1)c1ccccc1. The molecule has 0 fully saturated rings. The molecule has 2 unspecified atom stereocenters. The summed E-state index contributed by atoms with van der Waals surface area (Å²) in [5.74, 6) is -4.36. The van der Waals surface area contributed by atoms with Gasteiger partial charge in [0.05, 0.1) is 5.92 Å². The van der Waals surface area contributed by atoms with Gasteiger partial charge in [0, 0.05) is 17.2 Å². The molecule has 0 saturated carbocycles. The van der Waals surface area contributed by atoms with E-state index in [1.807, 2.05) is 53.7 Å². The summed E-state index contributed by atoms with van der Waals surface area (Å²) in [7, 11) is 0. The third-order valence-corrected chi connectivity index (χ3v) is 5.32. The van der Waals surface area contributed by atoms with E-state index in [0.29, 0.717) is 11.3 Å². The highest BCUT2D eigenvalue weighted by Crippen LogP contribution is 2.32. The van der Waals surface area contributed by atoms with E-state index in [-0.39, 0.29) is 11.3 Å². The molecule has 0 spiro atoms. The van der Waals surface area contributed by atoms with Gasteiger partial charge in [0.2, 0.25) is 5.91 Å². The highest BCUT2D eigenvalue weighted by atomic mass is 19.1. The van der Waals surface area contributed by atoms with E-state index in [1.54, 1.807) is 50.3 Å². The van der Waals surface area contributed by atoms with E-state index >= 15 is 0 Å². The molecular weight excluding hydrogens is 465 g/mol. The van der Waals surface area contributed by atoms with Gasteiger partial charge in [0.15, 0.2) is 5.78 Å². The number of benzene rings is 2. The molecule has 5 heteroatoms. The molecular formula is C32H44FNO3. The number of allylic oxidation sites excluding steroid dienone is 3. The van der Waals surface area contributed by atoms with Crippen LogP contribution in [0.25, 0.3) is 0 Å². The highest BCUT2D eigenvalue weighted by molar-refractivity contribution is 6.12. The molecule has 2 aromatic carbocycles. The van der Waals surface area contributed by atoms with Gasteiger partial charge in [-0.1, -0.05) is 97.9 Å². The molecule has 1 N–H and O–H groups in total. The summed E-state index contributed by atoms with van der Waals surface area (Å²) in [5.41, 5.74) is 1.44. The van der Waals surface area contributed by atoms with E-state index in [9.17, 15) is 18.8 Å². The van der Waals surface area contributed by atoms with E-state index in [2.05, 4.69) is 5.32 Å². The molecule has 3 rings (SSSR count). The van der Waals surface area contributed by atoms with Gasteiger partial charge in [0.1, 0.15) is 17.5 Å². The van der Waals surface area contributed by atoms with Crippen LogP contribution in [0.2, 0.25) is 0 Å². The van der Waals surface area contributed by atoms with Crippen molar-refractivity contribution in [2.24, 2.45) is 11.8 Å². The van der Waals surface area contributed by atoms with Crippen LogP contribution in [-0.4, -0.2) is 17.5 Å². The molecule has 0 aromatic heterocycles. The van der Waals surface area contributed by atoms with Gasteiger partial charge < -0.3 is 5.32 Å². The molecule has 4 nitrogen and oxygen atoms in total. The Hall–Kier alpha value is -3.34. The van der Waals surface area contributed by atoms with E-state index < -0.39 is 35.3 Å². The number of hydrogen-bond acceptors (Lipinski definition) is 3. The summed E-state index contributed by atoms with van der Waals surface area (Å²) in [6.07, 6.45) is 7.34. The highest BCUT2D eigenvalue weighted by Gasteiger charge is 2.41. The van der Waals surface area contributed by atoms with Crippen LogP contribution in [0, 0.1) is 17.7 Å². The third kappa shape index (κ3) is 10.3.